The fourth-order valence-corrected chi connectivity index (χ4v) is 1.74. The molecule has 1 aromatic carbocycles. The van der Waals surface area contributed by atoms with Crippen molar-refractivity contribution in [2.45, 2.75) is 12.6 Å². The van der Waals surface area contributed by atoms with E-state index in [1.165, 1.54) is 23.1 Å². The third-order valence-electron chi connectivity index (χ3n) is 2.68. The van der Waals surface area contributed by atoms with Gasteiger partial charge in [0.05, 0.1) is 18.6 Å². The average molecular weight is 287 g/mol. The first-order valence-corrected chi connectivity index (χ1v) is 6.04. The van der Waals surface area contributed by atoms with Crippen LogP contribution in [-0.4, -0.2) is 35.6 Å². The summed E-state index contributed by atoms with van der Waals surface area (Å²) >= 11 is 0. The molecule has 0 saturated carbocycles. The molecule has 3 nitrogen and oxygen atoms in total. The second-order valence-corrected chi connectivity index (χ2v) is 4.23. The Hall–Kier alpha value is -1.82. The SMILES string of the molecule is C=CCN(CCO)C(=O)Cc1cccc(C(F)(F)F)c1. The first-order valence-electron chi connectivity index (χ1n) is 6.04. The topological polar surface area (TPSA) is 40.5 Å². The largest absolute Gasteiger partial charge is 0.416 e. The maximum Gasteiger partial charge on any atom is 0.416 e. The van der Waals surface area contributed by atoms with Gasteiger partial charge in [-0.2, -0.15) is 13.2 Å². The molecule has 0 fully saturated rings. The summed E-state index contributed by atoms with van der Waals surface area (Å²) in [7, 11) is 0. The number of carbonyl (C=O) groups excluding carboxylic acids is 1. The molecule has 110 valence electrons. The molecule has 0 aliphatic carbocycles. The number of rotatable bonds is 6. The fourth-order valence-electron chi connectivity index (χ4n) is 1.74. The summed E-state index contributed by atoms with van der Waals surface area (Å²) in [5, 5.41) is 8.85. The number of aliphatic hydroxyl groups excluding tert-OH is 1. The van der Waals surface area contributed by atoms with Gasteiger partial charge < -0.3 is 10.0 Å². The lowest BCUT2D eigenvalue weighted by Gasteiger charge is -2.20. The molecule has 0 aliphatic rings. The van der Waals surface area contributed by atoms with Gasteiger partial charge in [-0.3, -0.25) is 4.79 Å². The van der Waals surface area contributed by atoms with Crippen LogP contribution in [0.5, 0.6) is 0 Å². The zero-order chi connectivity index (χ0) is 15.2. The molecule has 1 N–H and O–H groups in total. The number of hydrogen-bond acceptors (Lipinski definition) is 2. The molecule has 1 amide bonds. The summed E-state index contributed by atoms with van der Waals surface area (Å²) in [6.45, 7) is 3.67. The molecule has 0 saturated heterocycles. The minimum absolute atomic E-state index is 0.129. The Bertz CT molecular complexity index is 472. The summed E-state index contributed by atoms with van der Waals surface area (Å²) in [6.07, 6.45) is -3.07. The van der Waals surface area contributed by atoms with Crippen LogP contribution in [0.2, 0.25) is 0 Å². The molecule has 0 aromatic heterocycles. The van der Waals surface area contributed by atoms with E-state index in [1.807, 2.05) is 0 Å². The second-order valence-electron chi connectivity index (χ2n) is 4.23. The van der Waals surface area contributed by atoms with E-state index >= 15 is 0 Å². The van der Waals surface area contributed by atoms with Crippen LogP contribution in [0.3, 0.4) is 0 Å². The highest BCUT2D eigenvalue weighted by molar-refractivity contribution is 5.79. The third kappa shape index (κ3) is 4.70. The molecule has 0 atom stereocenters. The number of benzene rings is 1. The number of alkyl halides is 3. The van der Waals surface area contributed by atoms with E-state index in [0.29, 0.717) is 0 Å². The van der Waals surface area contributed by atoms with Crippen LogP contribution in [0.4, 0.5) is 13.2 Å². The van der Waals surface area contributed by atoms with Crippen LogP contribution in [0.1, 0.15) is 11.1 Å². The minimum Gasteiger partial charge on any atom is -0.395 e. The number of aliphatic hydroxyl groups is 1. The van der Waals surface area contributed by atoms with Gasteiger partial charge in [-0.25, -0.2) is 0 Å². The van der Waals surface area contributed by atoms with Crippen LogP contribution < -0.4 is 0 Å². The van der Waals surface area contributed by atoms with E-state index in [0.717, 1.165) is 12.1 Å². The van der Waals surface area contributed by atoms with Gasteiger partial charge in [-0.15, -0.1) is 6.58 Å². The molecule has 0 unspecified atom stereocenters. The van der Waals surface area contributed by atoms with Gasteiger partial charge in [-0.1, -0.05) is 24.3 Å². The van der Waals surface area contributed by atoms with Gasteiger partial charge in [0.15, 0.2) is 0 Å². The minimum atomic E-state index is -4.43. The normalized spacial score (nSPS) is 11.2. The third-order valence-corrected chi connectivity index (χ3v) is 2.68. The lowest BCUT2D eigenvalue weighted by atomic mass is 10.1. The Labute approximate surface area is 115 Å². The Kier molecular flexibility index (Phi) is 5.76. The number of hydrogen-bond donors (Lipinski definition) is 1. The van der Waals surface area contributed by atoms with Crippen LogP contribution in [-0.2, 0) is 17.4 Å². The molecule has 20 heavy (non-hydrogen) atoms. The number of carbonyl (C=O) groups is 1. The van der Waals surface area contributed by atoms with Crippen molar-refractivity contribution in [3.63, 3.8) is 0 Å². The molecular formula is C14H16F3NO2. The Morgan fingerprint density at radius 3 is 2.65 bits per heavy atom. The van der Waals surface area contributed by atoms with Crippen molar-refractivity contribution in [1.82, 2.24) is 4.90 Å². The van der Waals surface area contributed by atoms with Crippen molar-refractivity contribution >= 4 is 5.91 Å². The van der Waals surface area contributed by atoms with Crippen molar-refractivity contribution in [3.05, 3.63) is 48.0 Å². The Morgan fingerprint density at radius 2 is 2.10 bits per heavy atom. The molecule has 6 heteroatoms. The highest BCUT2D eigenvalue weighted by atomic mass is 19.4. The van der Waals surface area contributed by atoms with Crippen molar-refractivity contribution in [1.29, 1.82) is 0 Å². The van der Waals surface area contributed by atoms with Crippen LogP contribution >= 0.6 is 0 Å². The molecule has 1 rings (SSSR count). The monoisotopic (exact) mass is 287 g/mol. The first-order chi connectivity index (χ1) is 9.38. The smallest absolute Gasteiger partial charge is 0.395 e. The molecule has 0 spiro atoms. The molecule has 0 aliphatic heterocycles. The zero-order valence-corrected chi connectivity index (χ0v) is 10.9. The van der Waals surface area contributed by atoms with Gasteiger partial charge in [0.1, 0.15) is 0 Å². The van der Waals surface area contributed by atoms with Gasteiger partial charge in [-0.05, 0) is 11.6 Å². The van der Waals surface area contributed by atoms with Gasteiger partial charge in [0.2, 0.25) is 5.91 Å². The van der Waals surface area contributed by atoms with Gasteiger partial charge in [0.25, 0.3) is 0 Å². The van der Waals surface area contributed by atoms with Crippen LogP contribution in [0, 0.1) is 0 Å². The predicted octanol–water partition coefficient (Wildman–Crippen LogP) is 2.25. The van der Waals surface area contributed by atoms with Crippen LogP contribution in [0.15, 0.2) is 36.9 Å². The summed E-state index contributed by atoms with van der Waals surface area (Å²) in [6, 6.07) is 4.67. The quantitative estimate of drug-likeness (QED) is 0.815. The fraction of sp³-hybridized carbons (Fsp3) is 0.357. The van der Waals surface area contributed by atoms with E-state index in [9.17, 15) is 18.0 Å². The van der Waals surface area contributed by atoms with Gasteiger partial charge in [0, 0.05) is 13.1 Å². The maximum atomic E-state index is 12.6. The van der Waals surface area contributed by atoms with Crippen LogP contribution in [0.25, 0.3) is 0 Å². The number of nitrogens with zero attached hydrogens (tertiary/aromatic N) is 1. The van der Waals surface area contributed by atoms with Crippen molar-refractivity contribution in [3.8, 4) is 0 Å². The Morgan fingerprint density at radius 1 is 1.40 bits per heavy atom. The zero-order valence-electron chi connectivity index (χ0n) is 10.9. The van der Waals surface area contributed by atoms with Crippen molar-refractivity contribution in [2.75, 3.05) is 19.7 Å². The van der Waals surface area contributed by atoms with Gasteiger partial charge >= 0.3 is 6.18 Å². The lowest BCUT2D eigenvalue weighted by Crippen LogP contribution is -2.34. The van der Waals surface area contributed by atoms with Crippen molar-refractivity contribution < 1.29 is 23.1 Å². The van der Waals surface area contributed by atoms with E-state index in [2.05, 4.69) is 6.58 Å². The highest BCUT2D eigenvalue weighted by Gasteiger charge is 2.30. The first kappa shape index (κ1) is 16.2. The second kappa shape index (κ2) is 7.09. The lowest BCUT2D eigenvalue weighted by molar-refractivity contribution is -0.138. The summed E-state index contributed by atoms with van der Waals surface area (Å²) in [4.78, 5) is 13.3. The molecular weight excluding hydrogens is 271 g/mol. The standard InChI is InChI=1S/C14H16F3NO2/c1-2-6-18(7-8-19)13(20)10-11-4-3-5-12(9-11)14(15,16)17/h2-5,9,19H,1,6-8,10H2. The number of halogens is 3. The number of amides is 1. The van der Waals surface area contributed by atoms with E-state index in [1.54, 1.807) is 0 Å². The van der Waals surface area contributed by atoms with E-state index < -0.39 is 11.7 Å². The van der Waals surface area contributed by atoms with Crippen molar-refractivity contribution in [2.24, 2.45) is 0 Å². The summed E-state index contributed by atoms with van der Waals surface area (Å²) in [5.74, 6) is -0.349. The molecule has 1 aromatic rings. The van der Waals surface area contributed by atoms with E-state index in [4.69, 9.17) is 5.11 Å². The predicted molar refractivity (Wildman–Crippen MR) is 69.0 cm³/mol. The Balaban J connectivity index is 2.81. The highest BCUT2D eigenvalue weighted by Crippen LogP contribution is 2.29. The summed E-state index contributed by atoms with van der Waals surface area (Å²) in [5.41, 5.74) is -0.489. The molecule has 0 heterocycles. The maximum absolute atomic E-state index is 12.6. The molecule has 0 radical (unpaired) electrons. The molecule has 0 bridgehead atoms. The van der Waals surface area contributed by atoms with E-state index in [-0.39, 0.29) is 37.6 Å². The summed E-state index contributed by atoms with van der Waals surface area (Å²) < 4.78 is 37.7. The average Bonchev–Trinajstić information content (AvgIpc) is 2.38.